The molecule has 0 aliphatic rings. The number of anilines is 1. The normalized spacial score (nSPS) is 13.2. The van der Waals surface area contributed by atoms with E-state index in [1.165, 1.54) is 30.3 Å². The monoisotopic (exact) mass is 283 g/mol. The topological polar surface area (TPSA) is 66.5 Å². The molecule has 2 aromatic rings. The SMILES string of the molecule is Nc1c(O)cccc1C(O)c1ccc(C(F)(F)F)cc1. The highest BCUT2D eigenvalue weighted by Crippen LogP contribution is 2.34. The van der Waals surface area contributed by atoms with Gasteiger partial charge in [0.2, 0.25) is 0 Å². The summed E-state index contributed by atoms with van der Waals surface area (Å²) in [6.07, 6.45) is -5.63. The minimum absolute atomic E-state index is 0.0000945. The molecule has 4 N–H and O–H groups in total. The van der Waals surface area contributed by atoms with Gasteiger partial charge < -0.3 is 15.9 Å². The smallest absolute Gasteiger partial charge is 0.416 e. The average molecular weight is 283 g/mol. The molecule has 0 saturated carbocycles. The molecule has 0 fully saturated rings. The van der Waals surface area contributed by atoms with Gasteiger partial charge in [-0.05, 0) is 23.8 Å². The Balaban J connectivity index is 2.34. The van der Waals surface area contributed by atoms with Gasteiger partial charge in [-0.2, -0.15) is 13.2 Å². The molecule has 1 unspecified atom stereocenters. The van der Waals surface area contributed by atoms with E-state index in [-0.39, 0.29) is 22.6 Å². The van der Waals surface area contributed by atoms with Crippen molar-refractivity contribution in [1.82, 2.24) is 0 Å². The molecule has 3 nitrogen and oxygen atoms in total. The molecule has 106 valence electrons. The lowest BCUT2D eigenvalue weighted by Crippen LogP contribution is -2.07. The molecule has 2 aromatic carbocycles. The van der Waals surface area contributed by atoms with Crippen molar-refractivity contribution >= 4 is 5.69 Å². The van der Waals surface area contributed by atoms with E-state index < -0.39 is 17.8 Å². The van der Waals surface area contributed by atoms with Crippen LogP contribution in [0.5, 0.6) is 5.75 Å². The van der Waals surface area contributed by atoms with E-state index in [9.17, 15) is 23.4 Å². The number of nitrogen functional groups attached to an aromatic ring is 1. The van der Waals surface area contributed by atoms with Crippen LogP contribution < -0.4 is 5.73 Å². The predicted molar refractivity (Wildman–Crippen MR) is 68.0 cm³/mol. The Kier molecular flexibility index (Phi) is 3.59. The summed E-state index contributed by atoms with van der Waals surface area (Å²) in [6.45, 7) is 0. The molecule has 0 aliphatic carbocycles. The fourth-order valence-corrected chi connectivity index (χ4v) is 1.84. The van der Waals surface area contributed by atoms with Crippen LogP contribution in [0.3, 0.4) is 0 Å². The van der Waals surface area contributed by atoms with E-state index >= 15 is 0 Å². The standard InChI is InChI=1S/C14H12F3NO2/c15-14(16,17)9-6-4-8(5-7-9)13(20)10-2-1-3-11(19)12(10)18/h1-7,13,19-20H,18H2. The molecule has 0 saturated heterocycles. The van der Waals surface area contributed by atoms with Crippen molar-refractivity contribution in [2.75, 3.05) is 5.73 Å². The summed E-state index contributed by atoms with van der Waals surface area (Å²) in [5.41, 5.74) is 5.34. The third-order valence-electron chi connectivity index (χ3n) is 2.97. The van der Waals surface area contributed by atoms with Crippen LogP contribution in [-0.2, 0) is 6.18 Å². The van der Waals surface area contributed by atoms with Crippen molar-refractivity contribution in [2.45, 2.75) is 12.3 Å². The minimum Gasteiger partial charge on any atom is -0.506 e. The lowest BCUT2D eigenvalue weighted by Gasteiger charge is -2.15. The molecule has 0 amide bonds. The molecule has 0 heterocycles. The molecule has 2 rings (SSSR count). The van der Waals surface area contributed by atoms with E-state index in [0.29, 0.717) is 0 Å². The number of hydrogen-bond donors (Lipinski definition) is 3. The molecular formula is C14H12F3NO2. The summed E-state index contributed by atoms with van der Waals surface area (Å²) < 4.78 is 37.3. The summed E-state index contributed by atoms with van der Waals surface area (Å²) in [4.78, 5) is 0. The Hall–Kier alpha value is -2.21. The summed E-state index contributed by atoms with van der Waals surface area (Å²) in [5.74, 6) is -0.187. The molecule has 20 heavy (non-hydrogen) atoms. The van der Waals surface area contributed by atoms with Crippen molar-refractivity contribution in [1.29, 1.82) is 0 Å². The van der Waals surface area contributed by atoms with Crippen LogP contribution in [0.25, 0.3) is 0 Å². The number of aliphatic hydroxyl groups is 1. The van der Waals surface area contributed by atoms with Gasteiger partial charge in [0.1, 0.15) is 11.9 Å². The van der Waals surface area contributed by atoms with Gasteiger partial charge in [-0.3, -0.25) is 0 Å². The van der Waals surface area contributed by atoms with Crippen LogP contribution in [0.2, 0.25) is 0 Å². The summed E-state index contributed by atoms with van der Waals surface area (Å²) in [5, 5.41) is 19.6. The second-order valence-corrected chi connectivity index (χ2v) is 4.30. The Morgan fingerprint density at radius 1 is 1.00 bits per heavy atom. The highest BCUT2D eigenvalue weighted by molar-refractivity contribution is 5.59. The number of nitrogens with two attached hydrogens (primary N) is 1. The van der Waals surface area contributed by atoms with Crippen LogP contribution in [-0.4, -0.2) is 10.2 Å². The molecule has 0 aliphatic heterocycles. The van der Waals surface area contributed by atoms with Crippen LogP contribution >= 0.6 is 0 Å². The van der Waals surface area contributed by atoms with Gasteiger partial charge in [0, 0.05) is 5.56 Å². The molecule has 0 radical (unpaired) electrons. The Labute approximate surface area is 113 Å². The maximum atomic E-state index is 12.4. The third-order valence-corrected chi connectivity index (χ3v) is 2.97. The van der Waals surface area contributed by atoms with Crippen molar-refractivity contribution in [3.63, 3.8) is 0 Å². The van der Waals surface area contributed by atoms with Gasteiger partial charge in [0.05, 0.1) is 11.3 Å². The Bertz CT molecular complexity index is 609. The first-order chi connectivity index (χ1) is 9.30. The number of phenols is 1. The predicted octanol–water partition coefficient (Wildman–Crippen LogP) is 3.07. The lowest BCUT2D eigenvalue weighted by molar-refractivity contribution is -0.137. The number of para-hydroxylation sites is 1. The highest BCUT2D eigenvalue weighted by Gasteiger charge is 2.30. The zero-order valence-corrected chi connectivity index (χ0v) is 10.2. The first-order valence-electron chi connectivity index (χ1n) is 5.73. The summed E-state index contributed by atoms with van der Waals surface area (Å²) in [7, 11) is 0. The fraction of sp³-hybridized carbons (Fsp3) is 0.143. The van der Waals surface area contributed by atoms with Gasteiger partial charge in [0.15, 0.2) is 0 Å². The Morgan fingerprint density at radius 2 is 1.60 bits per heavy atom. The zero-order valence-electron chi connectivity index (χ0n) is 10.2. The minimum atomic E-state index is -4.42. The Morgan fingerprint density at radius 3 is 2.15 bits per heavy atom. The second-order valence-electron chi connectivity index (χ2n) is 4.30. The van der Waals surface area contributed by atoms with E-state index in [0.717, 1.165) is 12.1 Å². The molecule has 0 bridgehead atoms. The maximum absolute atomic E-state index is 12.4. The van der Waals surface area contributed by atoms with Crippen molar-refractivity contribution in [3.8, 4) is 5.75 Å². The van der Waals surface area contributed by atoms with E-state index in [2.05, 4.69) is 0 Å². The first kappa shape index (κ1) is 14.2. The number of phenolic OH excluding ortho intramolecular Hbond substituents is 1. The van der Waals surface area contributed by atoms with Gasteiger partial charge >= 0.3 is 6.18 Å². The van der Waals surface area contributed by atoms with Crippen LogP contribution in [0, 0.1) is 0 Å². The third kappa shape index (κ3) is 2.70. The second kappa shape index (κ2) is 5.05. The van der Waals surface area contributed by atoms with Crippen molar-refractivity contribution < 1.29 is 23.4 Å². The molecular weight excluding hydrogens is 271 g/mol. The van der Waals surface area contributed by atoms with Crippen molar-refractivity contribution in [2.24, 2.45) is 0 Å². The molecule has 1 atom stereocenters. The van der Waals surface area contributed by atoms with Gasteiger partial charge in [-0.25, -0.2) is 0 Å². The van der Waals surface area contributed by atoms with E-state index in [1.54, 1.807) is 0 Å². The van der Waals surface area contributed by atoms with Crippen molar-refractivity contribution in [3.05, 3.63) is 59.2 Å². The van der Waals surface area contributed by atoms with Crippen LogP contribution in [0.4, 0.5) is 18.9 Å². The summed E-state index contributed by atoms with van der Waals surface area (Å²) >= 11 is 0. The number of rotatable bonds is 2. The number of benzene rings is 2. The number of aromatic hydroxyl groups is 1. The van der Waals surface area contributed by atoms with Crippen LogP contribution in [0.1, 0.15) is 22.8 Å². The van der Waals surface area contributed by atoms with Crippen LogP contribution in [0.15, 0.2) is 42.5 Å². The fourth-order valence-electron chi connectivity index (χ4n) is 1.84. The summed E-state index contributed by atoms with van der Waals surface area (Å²) in [6, 6.07) is 8.48. The number of halogens is 3. The number of alkyl halides is 3. The molecule has 6 heteroatoms. The van der Waals surface area contributed by atoms with Gasteiger partial charge in [-0.15, -0.1) is 0 Å². The van der Waals surface area contributed by atoms with E-state index in [1.807, 2.05) is 0 Å². The molecule has 0 spiro atoms. The zero-order chi connectivity index (χ0) is 14.9. The van der Waals surface area contributed by atoms with E-state index in [4.69, 9.17) is 5.73 Å². The first-order valence-corrected chi connectivity index (χ1v) is 5.73. The lowest BCUT2D eigenvalue weighted by atomic mass is 9.98. The average Bonchev–Trinajstić information content (AvgIpc) is 2.40. The number of hydrogen-bond acceptors (Lipinski definition) is 3. The highest BCUT2D eigenvalue weighted by atomic mass is 19.4. The largest absolute Gasteiger partial charge is 0.506 e. The van der Waals surface area contributed by atoms with Gasteiger partial charge in [-0.1, -0.05) is 24.3 Å². The van der Waals surface area contributed by atoms with Gasteiger partial charge in [0.25, 0.3) is 0 Å². The quantitative estimate of drug-likeness (QED) is 0.586. The maximum Gasteiger partial charge on any atom is 0.416 e. The molecule has 0 aromatic heterocycles. The number of aliphatic hydroxyl groups excluding tert-OH is 1.